The van der Waals surface area contributed by atoms with Crippen LogP contribution in [0.25, 0.3) is 0 Å². The first-order valence-electron chi connectivity index (χ1n) is 6.96. The topological polar surface area (TPSA) is 46.1 Å². The summed E-state index contributed by atoms with van der Waals surface area (Å²) in [5.74, 6) is 2.65. The Morgan fingerprint density at radius 3 is 2.85 bits per heavy atom. The predicted molar refractivity (Wildman–Crippen MR) is 78.5 cm³/mol. The van der Waals surface area contributed by atoms with E-state index in [9.17, 15) is 0 Å². The van der Waals surface area contributed by atoms with Crippen molar-refractivity contribution in [1.82, 2.24) is 10.2 Å². The minimum Gasteiger partial charge on any atom is -0.454 e. The molecule has 5 heteroatoms. The maximum absolute atomic E-state index is 5.45. The Hall–Kier alpha value is -1.91. The fraction of sp³-hybridized carbons (Fsp3) is 0.533. The van der Waals surface area contributed by atoms with Crippen molar-refractivity contribution < 1.29 is 9.47 Å². The average molecular weight is 275 g/mol. The molecule has 2 heterocycles. The molecule has 20 heavy (non-hydrogen) atoms. The molecule has 1 aromatic rings. The molecule has 1 N–H and O–H groups in total. The highest BCUT2D eigenvalue weighted by atomic mass is 16.7. The maximum atomic E-state index is 5.45. The van der Waals surface area contributed by atoms with Gasteiger partial charge < -0.3 is 19.7 Å². The standard InChI is InChI=1S/C15H21N3O2/c1-15(2,9-17-14-16-6-7-18(14)3)11-4-5-12-13(8-11)20-10-19-12/h4-5,8H,6-7,9-10H2,1-3H3,(H,16,17). The van der Waals surface area contributed by atoms with Gasteiger partial charge in [0.25, 0.3) is 0 Å². The Morgan fingerprint density at radius 2 is 2.10 bits per heavy atom. The highest BCUT2D eigenvalue weighted by molar-refractivity contribution is 5.81. The van der Waals surface area contributed by atoms with Gasteiger partial charge in [0, 0.05) is 25.6 Å². The van der Waals surface area contributed by atoms with Crippen LogP contribution in [-0.4, -0.2) is 44.3 Å². The van der Waals surface area contributed by atoms with E-state index < -0.39 is 0 Å². The number of rotatable bonds is 3. The molecule has 2 aliphatic heterocycles. The van der Waals surface area contributed by atoms with Gasteiger partial charge in [0.1, 0.15) is 0 Å². The van der Waals surface area contributed by atoms with Crippen LogP contribution in [0.4, 0.5) is 0 Å². The summed E-state index contributed by atoms with van der Waals surface area (Å²) in [4.78, 5) is 6.61. The third-order valence-electron chi connectivity index (χ3n) is 3.90. The Balaban J connectivity index is 1.71. The van der Waals surface area contributed by atoms with E-state index in [4.69, 9.17) is 9.47 Å². The van der Waals surface area contributed by atoms with Gasteiger partial charge in [-0.3, -0.25) is 4.99 Å². The molecular weight excluding hydrogens is 254 g/mol. The van der Waals surface area contributed by atoms with Gasteiger partial charge in [0.15, 0.2) is 17.5 Å². The molecular formula is C15H21N3O2. The van der Waals surface area contributed by atoms with Gasteiger partial charge in [0.05, 0.1) is 6.54 Å². The summed E-state index contributed by atoms with van der Waals surface area (Å²) in [6.07, 6.45) is 0. The van der Waals surface area contributed by atoms with E-state index >= 15 is 0 Å². The Morgan fingerprint density at radius 1 is 1.30 bits per heavy atom. The number of nitrogens with zero attached hydrogens (tertiary/aromatic N) is 2. The second kappa shape index (κ2) is 4.89. The van der Waals surface area contributed by atoms with E-state index in [-0.39, 0.29) is 5.41 Å². The lowest BCUT2D eigenvalue weighted by Gasteiger charge is -2.27. The summed E-state index contributed by atoms with van der Waals surface area (Å²) in [5, 5.41) is 3.44. The molecule has 0 aromatic heterocycles. The van der Waals surface area contributed by atoms with E-state index in [0.29, 0.717) is 6.79 Å². The van der Waals surface area contributed by atoms with E-state index in [1.54, 1.807) is 0 Å². The van der Waals surface area contributed by atoms with Crippen LogP contribution >= 0.6 is 0 Å². The van der Waals surface area contributed by atoms with E-state index in [2.05, 4.69) is 48.2 Å². The van der Waals surface area contributed by atoms with Crippen LogP contribution in [0.1, 0.15) is 19.4 Å². The van der Waals surface area contributed by atoms with E-state index in [1.165, 1.54) is 5.56 Å². The summed E-state index contributed by atoms with van der Waals surface area (Å²) in [6, 6.07) is 6.16. The summed E-state index contributed by atoms with van der Waals surface area (Å²) >= 11 is 0. The number of fused-ring (bicyclic) bond motifs is 1. The molecule has 0 bridgehead atoms. The number of ether oxygens (including phenoxy) is 2. The molecule has 2 aliphatic rings. The summed E-state index contributed by atoms with van der Waals surface area (Å²) < 4.78 is 10.8. The van der Waals surface area contributed by atoms with Crippen molar-refractivity contribution in [1.29, 1.82) is 0 Å². The monoisotopic (exact) mass is 275 g/mol. The maximum Gasteiger partial charge on any atom is 0.231 e. The zero-order valence-corrected chi connectivity index (χ0v) is 12.3. The van der Waals surface area contributed by atoms with Crippen molar-refractivity contribution in [3.63, 3.8) is 0 Å². The minimum atomic E-state index is -0.00701. The first-order valence-corrected chi connectivity index (χ1v) is 6.96. The summed E-state index contributed by atoms with van der Waals surface area (Å²) in [6.45, 7) is 7.45. The second-order valence-electron chi connectivity index (χ2n) is 5.93. The molecule has 0 radical (unpaired) electrons. The fourth-order valence-corrected chi connectivity index (χ4v) is 2.44. The van der Waals surface area contributed by atoms with Crippen molar-refractivity contribution in [2.45, 2.75) is 19.3 Å². The number of aliphatic imine (C=N–C) groups is 1. The van der Waals surface area contributed by atoms with Crippen molar-refractivity contribution in [3.05, 3.63) is 23.8 Å². The van der Waals surface area contributed by atoms with Gasteiger partial charge in [-0.15, -0.1) is 0 Å². The molecule has 0 saturated heterocycles. The summed E-state index contributed by atoms with van der Waals surface area (Å²) in [7, 11) is 2.06. The highest BCUT2D eigenvalue weighted by Crippen LogP contribution is 2.36. The fourth-order valence-electron chi connectivity index (χ4n) is 2.44. The number of hydrogen-bond acceptors (Lipinski definition) is 5. The zero-order valence-electron chi connectivity index (χ0n) is 12.3. The van der Waals surface area contributed by atoms with Crippen LogP contribution in [-0.2, 0) is 5.41 Å². The van der Waals surface area contributed by atoms with E-state index in [0.717, 1.165) is 37.1 Å². The van der Waals surface area contributed by atoms with Gasteiger partial charge in [-0.05, 0) is 17.7 Å². The number of benzene rings is 1. The molecule has 0 fully saturated rings. The number of nitrogens with one attached hydrogen (secondary N) is 1. The molecule has 0 saturated carbocycles. The lowest BCUT2D eigenvalue weighted by molar-refractivity contribution is 0.174. The molecule has 0 aliphatic carbocycles. The predicted octanol–water partition coefficient (Wildman–Crippen LogP) is 1.58. The van der Waals surface area contributed by atoms with Gasteiger partial charge in [-0.25, -0.2) is 0 Å². The van der Waals surface area contributed by atoms with Crippen molar-refractivity contribution in [2.75, 3.05) is 33.5 Å². The minimum absolute atomic E-state index is 0.00701. The van der Waals surface area contributed by atoms with Crippen LogP contribution in [0, 0.1) is 0 Å². The number of guanidine groups is 1. The van der Waals surface area contributed by atoms with Gasteiger partial charge >= 0.3 is 0 Å². The SMILES string of the molecule is CN1CCN=C1NCC(C)(C)c1ccc2c(c1)OCO2. The lowest BCUT2D eigenvalue weighted by atomic mass is 9.84. The molecule has 0 spiro atoms. The molecule has 108 valence electrons. The molecule has 5 nitrogen and oxygen atoms in total. The smallest absolute Gasteiger partial charge is 0.231 e. The van der Waals surface area contributed by atoms with Crippen LogP contribution in [0.15, 0.2) is 23.2 Å². The van der Waals surface area contributed by atoms with Crippen LogP contribution in [0.2, 0.25) is 0 Å². The molecule has 0 amide bonds. The second-order valence-corrected chi connectivity index (χ2v) is 5.93. The zero-order chi connectivity index (χ0) is 14.2. The third kappa shape index (κ3) is 2.40. The summed E-state index contributed by atoms with van der Waals surface area (Å²) in [5.41, 5.74) is 1.22. The van der Waals surface area contributed by atoms with Crippen molar-refractivity contribution in [3.8, 4) is 11.5 Å². The average Bonchev–Trinajstić information content (AvgIpc) is 3.04. The first-order chi connectivity index (χ1) is 9.56. The van der Waals surface area contributed by atoms with Crippen LogP contribution in [0.5, 0.6) is 11.5 Å². The first kappa shape index (κ1) is 13.1. The van der Waals surface area contributed by atoms with Crippen LogP contribution in [0.3, 0.4) is 0 Å². The molecule has 0 unspecified atom stereocenters. The van der Waals surface area contributed by atoms with Gasteiger partial charge in [0.2, 0.25) is 6.79 Å². The number of hydrogen-bond donors (Lipinski definition) is 1. The highest BCUT2D eigenvalue weighted by Gasteiger charge is 2.25. The van der Waals surface area contributed by atoms with Gasteiger partial charge in [-0.1, -0.05) is 19.9 Å². The largest absolute Gasteiger partial charge is 0.454 e. The van der Waals surface area contributed by atoms with Crippen molar-refractivity contribution in [2.24, 2.45) is 4.99 Å². The normalized spacial score (nSPS) is 17.4. The Bertz CT molecular complexity index is 540. The third-order valence-corrected chi connectivity index (χ3v) is 3.90. The quantitative estimate of drug-likeness (QED) is 0.910. The molecule has 3 rings (SSSR count). The van der Waals surface area contributed by atoms with Crippen molar-refractivity contribution >= 4 is 5.96 Å². The van der Waals surface area contributed by atoms with Crippen LogP contribution < -0.4 is 14.8 Å². The number of likely N-dealkylation sites (N-methyl/N-ethyl adjacent to an activating group) is 1. The van der Waals surface area contributed by atoms with Gasteiger partial charge in [-0.2, -0.15) is 0 Å². The van der Waals surface area contributed by atoms with E-state index in [1.807, 2.05) is 6.07 Å². The lowest BCUT2D eigenvalue weighted by Crippen LogP contribution is -2.42. The molecule has 0 atom stereocenters. The molecule has 1 aromatic carbocycles. The Labute approximate surface area is 119 Å². The Kier molecular flexibility index (Phi) is 3.20.